The molecule has 1 aromatic carbocycles. The number of rotatable bonds is 6. The lowest BCUT2D eigenvalue weighted by Gasteiger charge is -2.30. The summed E-state index contributed by atoms with van der Waals surface area (Å²) in [5.41, 5.74) is 0.0172. The van der Waals surface area contributed by atoms with Gasteiger partial charge in [-0.15, -0.1) is 0 Å². The van der Waals surface area contributed by atoms with Crippen molar-refractivity contribution >= 4 is 0 Å². The summed E-state index contributed by atoms with van der Waals surface area (Å²) >= 11 is 0. The van der Waals surface area contributed by atoms with Crippen LogP contribution in [0, 0.1) is 0 Å². The van der Waals surface area contributed by atoms with Crippen LogP contribution in [0.3, 0.4) is 0 Å². The number of halogens is 2. The molecule has 0 aliphatic heterocycles. The molecule has 0 amide bonds. The second kappa shape index (κ2) is 6.07. The normalized spacial score (nSPS) is 12.4. The van der Waals surface area contributed by atoms with Crippen molar-refractivity contribution in [1.82, 2.24) is 4.90 Å². The van der Waals surface area contributed by atoms with Gasteiger partial charge in [0.1, 0.15) is 0 Å². The lowest BCUT2D eigenvalue weighted by atomic mass is 10.1. The smallest absolute Gasteiger partial charge is 0.285 e. The number of hydrogen-bond acceptors (Lipinski definition) is 2. The fourth-order valence-corrected chi connectivity index (χ4v) is 1.68. The Balaban J connectivity index is 2.77. The highest BCUT2D eigenvalue weighted by molar-refractivity contribution is 5.20. The predicted octanol–water partition coefficient (Wildman–Crippen LogP) is 2.48. The summed E-state index contributed by atoms with van der Waals surface area (Å²) in [5, 5.41) is 8.87. The number of aliphatic hydroxyl groups excluding tert-OH is 1. The minimum absolute atomic E-state index is 0.0169. The van der Waals surface area contributed by atoms with Crippen molar-refractivity contribution < 1.29 is 13.9 Å². The first kappa shape index (κ1) is 14.1. The fraction of sp³-hybridized carbons (Fsp3) is 0.538. The van der Waals surface area contributed by atoms with Gasteiger partial charge in [-0.2, -0.15) is 8.78 Å². The number of aliphatic hydroxyl groups is 1. The fourth-order valence-electron chi connectivity index (χ4n) is 1.68. The van der Waals surface area contributed by atoms with Crippen LogP contribution in [0.25, 0.3) is 0 Å². The molecule has 0 saturated heterocycles. The monoisotopic (exact) mass is 243 g/mol. The van der Waals surface area contributed by atoms with E-state index in [1.54, 1.807) is 23.1 Å². The van der Waals surface area contributed by atoms with Crippen molar-refractivity contribution in [3.63, 3.8) is 0 Å². The molecular weight excluding hydrogens is 224 g/mol. The van der Waals surface area contributed by atoms with Crippen molar-refractivity contribution in [3.05, 3.63) is 35.9 Å². The van der Waals surface area contributed by atoms with E-state index in [0.29, 0.717) is 0 Å². The number of alkyl halides is 2. The highest BCUT2D eigenvalue weighted by Crippen LogP contribution is 2.29. The Hall–Kier alpha value is -1.00. The van der Waals surface area contributed by atoms with Crippen LogP contribution in [-0.4, -0.2) is 35.7 Å². The van der Waals surface area contributed by atoms with Gasteiger partial charge in [0, 0.05) is 18.2 Å². The third-order valence-electron chi connectivity index (χ3n) is 2.72. The van der Waals surface area contributed by atoms with Crippen LogP contribution in [0.2, 0.25) is 0 Å². The lowest BCUT2D eigenvalue weighted by molar-refractivity contribution is -0.0477. The number of benzene rings is 1. The van der Waals surface area contributed by atoms with E-state index in [4.69, 9.17) is 5.11 Å². The van der Waals surface area contributed by atoms with Crippen molar-refractivity contribution in [2.45, 2.75) is 25.8 Å². The number of nitrogens with zero attached hydrogens (tertiary/aromatic N) is 1. The van der Waals surface area contributed by atoms with Crippen molar-refractivity contribution in [1.29, 1.82) is 0 Å². The molecule has 0 aliphatic carbocycles. The average molecular weight is 243 g/mol. The second-order valence-electron chi connectivity index (χ2n) is 4.36. The summed E-state index contributed by atoms with van der Waals surface area (Å²) in [6.07, 6.45) is 0. The van der Waals surface area contributed by atoms with Gasteiger partial charge in [-0.3, -0.25) is 4.90 Å². The summed E-state index contributed by atoms with van der Waals surface area (Å²) in [6, 6.07) is 7.77. The van der Waals surface area contributed by atoms with Gasteiger partial charge >= 0.3 is 0 Å². The molecular formula is C13H19F2NO. The van der Waals surface area contributed by atoms with Crippen molar-refractivity contribution in [3.8, 4) is 0 Å². The molecule has 4 heteroatoms. The molecule has 0 aromatic heterocycles. The van der Waals surface area contributed by atoms with Crippen LogP contribution >= 0.6 is 0 Å². The van der Waals surface area contributed by atoms with Crippen LogP contribution in [0.15, 0.2) is 30.3 Å². The maximum atomic E-state index is 14.0. The highest BCUT2D eigenvalue weighted by atomic mass is 19.3. The summed E-state index contributed by atoms with van der Waals surface area (Å²) < 4.78 is 27.9. The Morgan fingerprint density at radius 2 is 1.82 bits per heavy atom. The van der Waals surface area contributed by atoms with Crippen LogP contribution in [0.5, 0.6) is 0 Å². The van der Waals surface area contributed by atoms with Crippen LogP contribution in [-0.2, 0) is 5.92 Å². The molecule has 0 aliphatic rings. The van der Waals surface area contributed by atoms with Gasteiger partial charge in [-0.1, -0.05) is 30.3 Å². The molecule has 1 rings (SSSR count). The average Bonchev–Trinajstić information content (AvgIpc) is 2.29. The van der Waals surface area contributed by atoms with Gasteiger partial charge < -0.3 is 5.11 Å². The topological polar surface area (TPSA) is 23.5 Å². The molecule has 2 nitrogen and oxygen atoms in total. The molecule has 0 saturated carbocycles. The maximum Gasteiger partial charge on any atom is 0.285 e. The molecule has 1 aromatic rings. The Morgan fingerprint density at radius 1 is 1.24 bits per heavy atom. The quantitative estimate of drug-likeness (QED) is 0.829. The zero-order valence-electron chi connectivity index (χ0n) is 10.2. The van der Waals surface area contributed by atoms with E-state index in [0.717, 1.165) is 0 Å². The van der Waals surface area contributed by atoms with Gasteiger partial charge in [-0.25, -0.2) is 0 Å². The molecule has 0 spiro atoms. The molecule has 0 bridgehead atoms. The zero-order chi connectivity index (χ0) is 12.9. The third kappa shape index (κ3) is 4.06. The van der Waals surface area contributed by atoms with Crippen LogP contribution in [0.1, 0.15) is 19.4 Å². The molecule has 0 atom stereocenters. The summed E-state index contributed by atoms with van der Waals surface area (Å²) in [4.78, 5) is 1.58. The molecule has 0 fully saturated rings. The molecule has 0 unspecified atom stereocenters. The Bertz CT molecular complexity index is 327. The molecule has 1 N–H and O–H groups in total. The van der Waals surface area contributed by atoms with Crippen LogP contribution < -0.4 is 0 Å². The predicted molar refractivity (Wildman–Crippen MR) is 64.1 cm³/mol. The lowest BCUT2D eigenvalue weighted by Crippen LogP contribution is -2.41. The first-order valence-corrected chi connectivity index (χ1v) is 5.75. The van der Waals surface area contributed by atoms with E-state index in [1.165, 1.54) is 12.1 Å². The van der Waals surface area contributed by atoms with E-state index in [-0.39, 0.29) is 31.3 Å². The Kier molecular flexibility index (Phi) is 5.02. The zero-order valence-corrected chi connectivity index (χ0v) is 10.2. The maximum absolute atomic E-state index is 14.0. The minimum atomic E-state index is -2.89. The Labute approximate surface area is 101 Å². The molecule has 0 radical (unpaired) electrons. The van der Waals surface area contributed by atoms with Gasteiger partial charge in [-0.05, 0) is 13.8 Å². The van der Waals surface area contributed by atoms with E-state index >= 15 is 0 Å². The standard InChI is InChI=1S/C13H19F2NO/c1-11(2)16(8-9-17)10-13(14,15)12-6-4-3-5-7-12/h3-7,11,17H,8-10H2,1-2H3. The van der Waals surface area contributed by atoms with E-state index < -0.39 is 5.92 Å². The second-order valence-corrected chi connectivity index (χ2v) is 4.36. The van der Waals surface area contributed by atoms with E-state index in [2.05, 4.69) is 0 Å². The van der Waals surface area contributed by atoms with Gasteiger partial charge in [0.15, 0.2) is 0 Å². The first-order valence-electron chi connectivity index (χ1n) is 5.75. The van der Waals surface area contributed by atoms with Crippen LogP contribution in [0.4, 0.5) is 8.78 Å². The third-order valence-corrected chi connectivity index (χ3v) is 2.72. The van der Waals surface area contributed by atoms with E-state index in [9.17, 15) is 8.78 Å². The van der Waals surface area contributed by atoms with Gasteiger partial charge in [0.05, 0.1) is 13.2 Å². The summed E-state index contributed by atoms with van der Waals surface area (Å²) in [7, 11) is 0. The van der Waals surface area contributed by atoms with Gasteiger partial charge in [0.2, 0.25) is 0 Å². The largest absolute Gasteiger partial charge is 0.395 e. The molecule has 96 valence electrons. The SMILES string of the molecule is CC(C)N(CCO)CC(F)(F)c1ccccc1. The Morgan fingerprint density at radius 3 is 2.29 bits per heavy atom. The number of hydrogen-bond donors (Lipinski definition) is 1. The minimum Gasteiger partial charge on any atom is -0.395 e. The molecule has 17 heavy (non-hydrogen) atoms. The van der Waals surface area contributed by atoms with Crippen molar-refractivity contribution in [2.24, 2.45) is 0 Å². The van der Waals surface area contributed by atoms with E-state index in [1.807, 2.05) is 13.8 Å². The summed E-state index contributed by atoms with van der Waals surface area (Å²) in [6.45, 7) is 3.48. The first-order chi connectivity index (χ1) is 7.97. The molecule has 0 heterocycles. The highest BCUT2D eigenvalue weighted by Gasteiger charge is 2.34. The van der Waals surface area contributed by atoms with Crippen molar-refractivity contribution in [2.75, 3.05) is 19.7 Å². The summed E-state index contributed by atoms with van der Waals surface area (Å²) in [5.74, 6) is -2.89. The van der Waals surface area contributed by atoms with Gasteiger partial charge in [0.25, 0.3) is 5.92 Å².